The predicted molar refractivity (Wildman–Crippen MR) is 131 cm³/mol. The highest BCUT2D eigenvalue weighted by Crippen LogP contribution is 2.29. The Bertz CT molecular complexity index is 1240. The van der Waals surface area contributed by atoms with Crippen molar-refractivity contribution < 1.29 is 9.53 Å². The van der Waals surface area contributed by atoms with Crippen LogP contribution >= 0.6 is 23.4 Å². The fourth-order valence-electron chi connectivity index (χ4n) is 2.99. The molecule has 0 bridgehead atoms. The highest BCUT2D eigenvalue weighted by atomic mass is 35.5. The van der Waals surface area contributed by atoms with E-state index < -0.39 is 0 Å². The van der Waals surface area contributed by atoms with E-state index in [9.17, 15) is 4.79 Å². The summed E-state index contributed by atoms with van der Waals surface area (Å²) < 4.78 is 7.14. The van der Waals surface area contributed by atoms with Gasteiger partial charge in [0.1, 0.15) is 5.75 Å². The topological polar surface area (TPSA) is 81.4 Å². The van der Waals surface area contributed by atoms with Crippen molar-refractivity contribution in [1.82, 2.24) is 20.2 Å². The fraction of sp³-hybridized carbons (Fsp3) is 0.0833. The van der Waals surface area contributed by atoms with Crippen molar-refractivity contribution >= 4 is 35.5 Å². The summed E-state index contributed by atoms with van der Waals surface area (Å²) in [6, 6.07) is 24.4. The molecule has 0 atom stereocenters. The number of aromatic nitrogens is 3. The van der Waals surface area contributed by atoms with E-state index >= 15 is 0 Å². The summed E-state index contributed by atoms with van der Waals surface area (Å²) in [5.74, 6) is 1.27. The molecule has 1 heterocycles. The van der Waals surface area contributed by atoms with E-state index in [1.165, 1.54) is 11.8 Å². The minimum Gasteiger partial charge on any atom is -0.497 e. The molecular weight excluding hydrogens is 458 g/mol. The summed E-state index contributed by atoms with van der Waals surface area (Å²) in [6.07, 6.45) is 1.60. The average Bonchev–Trinajstić information content (AvgIpc) is 3.28. The van der Waals surface area contributed by atoms with Gasteiger partial charge in [0.2, 0.25) is 0 Å². The van der Waals surface area contributed by atoms with Crippen LogP contribution < -0.4 is 10.2 Å². The number of ether oxygens (including phenoxy) is 1. The zero-order valence-electron chi connectivity index (χ0n) is 17.7. The number of hydrogen-bond acceptors (Lipinski definition) is 6. The summed E-state index contributed by atoms with van der Waals surface area (Å²) in [5.41, 5.74) is 5.14. The Morgan fingerprint density at radius 1 is 1.06 bits per heavy atom. The zero-order valence-corrected chi connectivity index (χ0v) is 19.3. The van der Waals surface area contributed by atoms with Crippen LogP contribution in [0.4, 0.5) is 0 Å². The standard InChI is InChI=1S/C24H20ClN5O2S/c1-32-21-13-7-18(8-14-21)23-28-29-24(30(23)20-11-9-19(25)10-12-20)33-16-22(31)27-26-15-17-5-3-2-4-6-17/h2-15H,16H2,1H3,(H,27,31)/b26-15-. The number of amides is 1. The molecule has 0 unspecified atom stereocenters. The zero-order chi connectivity index (χ0) is 23.0. The van der Waals surface area contributed by atoms with E-state index in [0.29, 0.717) is 16.0 Å². The Morgan fingerprint density at radius 3 is 2.48 bits per heavy atom. The lowest BCUT2D eigenvalue weighted by Crippen LogP contribution is -2.20. The van der Waals surface area contributed by atoms with Crippen molar-refractivity contribution in [1.29, 1.82) is 0 Å². The van der Waals surface area contributed by atoms with Crippen LogP contribution in [-0.2, 0) is 4.79 Å². The van der Waals surface area contributed by atoms with Gasteiger partial charge in [0, 0.05) is 16.3 Å². The Hall–Kier alpha value is -3.62. The number of hydrogen-bond donors (Lipinski definition) is 1. The summed E-state index contributed by atoms with van der Waals surface area (Å²) in [7, 11) is 1.62. The van der Waals surface area contributed by atoms with Crippen LogP contribution in [0, 0.1) is 0 Å². The number of carbonyl (C=O) groups excluding carboxylic acids is 1. The molecule has 0 saturated heterocycles. The smallest absolute Gasteiger partial charge is 0.250 e. The number of methoxy groups -OCH3 is 1. The third-order valence-electron chi connectivity index (χ3n) is 4.60. The molecule has 1 N–H and O–H groups in total. The van der Waals surface area contributed by atoms with Crippen molar-refractivity contribution in [3.8, 4) is 22.8 Å². The van der Waals surface area contributed by atoms with Gasteiger partial charge in [0.05, 0.1) is 19.1 Å². The normalized spacial score (nSPS) is 11.0. The number of rotatable bonds is 8. The van der Waals surface area contributed by atoms with Gasteiger partial charge in [-0.05, 0) is 54.1 Å². The van der Waals surface area contributed by atoms with E-state index in [0.717, 1.165) is 22.6 Å². The molecule has 0 radical (unpaired) electrons. The fourth-order valence-corrected chi connectivity index (χ4v) is 3.86. The monoisotopic (exact) mass is 477 g/mol. The molecule has 0 aliphatic heterocycles. The number of benzene rings is 3. The first kappa shape index (κ1) is 22.6. The molecule has 3 aromatic carbocycles. The molecule has 4 rings (SSSR count). The number of thioether (sulfide) groups is 1. The second-order valence-corrected chi connectivity index (χ2v) is 8.22. The molecule has 1 aromatic heterocycles. The van der Waals surface area contributed by atoms with Crippen molar-refractivity contribution in [2.24, 2.45) is 5.10 Å². The van der Waals surface area contributed by atoms with Gasteiger partial charge in [-0.1, -0.05) is 53.7 Å². The van der Waals surface area contributed by atoms with Gasteiger partial charge in [-0.2, -0.15) is 5.10 Å². The maximum Gasteiger partial charge on any atom is 0.250 e. The lowest BCUT2D eigenvalue weighted by Gasteiger charge is -2.11. The Balaban J connectivity index is 1.53. The minimum atomic E-state index is -0.246. The van der Waals surface area contributed by atoms with Gasteiger partial charge >= 0.3 is 0 Å². The Kier molecular flexibility index (Phi) is 7.39. The van der Waals surface area contributed by atoms with Gasteiger partial charge in [-0.25, -0.2) is 5.43 Å². The molecular formula is C24H20ClN5O2S. The maximum absolute atomic E-state index is 12.3. The number of halogens is 1. The number of hydrazone groups is 1. The Labute approximate surface area is 200 Å². The van der Waals surface area contributed by atoms with Crippen LogP contribution in [0.25, 0.3) is 17.1 Å². The lowest BCUT2D eigenvalue weighted by molar-refractivity contribution is -0.118. The summed E-state index contributed by atoms with van der Waals surface area (Å²) in [6.45, 7) is 0. The predicted octanol–water partition coefficient (Wildman–Crippen LogP) is 4.84. The molecule has 0 fully saturated rings. The molecule has 0 spiro atoms. The summed E-state index contributed by atoms with van der Waals surface area (Å²) in [4.78, 5) is 12.3. The van der Waals surface area contributed by atoms with Gasteiger partial charge < -0.3 is 4.74 Å². The minimum absolute atomic E-state index is 0.125. The number of carbonyl (C=O) groups is 1. The van der Waals surface area contributed by atoms with Crippen LogP contribution in [0.15, 0.2) is 89.1 Å². The maximum atomic E-state index is 12.3. The van der Waals surface area contributed by atoms with Gasteiger partial charge in [0.15, 0.2) is 11.0 Å². The molecule has 7 nitrogen and oxygen atoms in total. The van der Waals surface area contributed by atoms with Gasteiger partial charge in [0.25, 0.3) is 5.91 Å². The SMILES string of the molecule is COc1ccc(-c2nnc(SCC(=O)N/N=C\c3ccccc3)n2-c2ccc(Cl)cc2)cc1. The van der Waals surface area contributed by atoms with Crippen molar-refractivity contribution in [2.45, 2.75) is 5.16 Å². The van der Waals surface area contributed by atoms with Crippen LogP contribution in [0.2, 0.25) is 5.02 Å². The second kappa shape index (κ2) is 10.8. The third-order valence-corrected chi connectivity index (χ3v) is 5.78. The molecule has 1 amide bonds. The largest absolute Gasteiger partial charge is 0.497 e. The van der Waals surface area contributed by atoms with Crippen molar-refractivity contribution in [3.63, 3.8) is 0 Å². The first-order valence-corrected chi connectivity index (χ1v) is 11.4. The summed E-state index contributed by atoms with van der Waals surface area (Å²) >= 11 is 7.34. The van der Waals surface area contributed by atoms with E-state index in [1.807, 2.05) is 71.3 Å². The quantitative estimate of drug-likeness (QED) is 0.223. The second-order valence-electron chi connectivity index (χ2n) is 6.84. The first-order chi connectivity index (χ1) is 16.1. The van der Waals surface area contributed by atoms with E-state index in [-0.39, 0.29) is 11.7 Å². The van der Waals surface area contributed by atoms with Crippen molar-refractivity contribution in [3.05, 3.63) is 89.4 Å². The number of nitrogens with one attached hydrogen (secondary N) is 1. The molecule has 9 heteroatoms. The number of nitrogens with zero attached hydrogens (tertiary/aromatic N) is 4. The van der Waals surface area contributed by atoms with E-state index in [4.69, 9.17) is 16.3 Å². The molecule has 166 valence electrons. The highest BCUT2D eigenvalue weighted by molar-refractivity contribution is 7.99. The molecule has 33 heavy (non-hydrogen) atoms. The molecule has 0 saturated carbocycles. The van der Waals surface area contributed by atoms with E-state index in [2.05, 4.69) is 20.7 Å². The molecule has 0 aliphatic rings. The van der Waals surface area contributed by atoms with E-state index in [1.54, 1.807) is 25.5 Å². The molecule has 0 aliphatic carbocycles. The van der Waals surface area contributed by atoms with Crippen molar-refractivity contribution in [2.75, 3.05) is 12.9 Å². The molecule has 4 aromatic rings. The Morgan fingerprint density at radius 2 is 1.79 bits per heavy atom. The van der Waals surface area contributed by atoms with Gasteiger partial charge in [-0.15, -0.1) is 10.2 Å². The third kappa shape index (κ3) is 5.79. The highest BCUT2D eigenvalue weighted by Gasteiger charge is 2.17. The average molecular weight is 478 g/mol. The van der Waals surface area contributed by atoms with Gasteiger partial charge in [-0.3, -0.25) is 9.36 Å². The van der Waals surface area contributed by atoms with Crippen LogP contribution in [0.3, 0.4) is 0 Å². The summed E-state index contributed by atoms with van der Waals surface area (Å²) in [5, 5.41) is 13.9. The van der Waals surface area contributed by atoms with Crippen LogP contribution in [0.1, 0.15) is 5.56 Å². The lowest BCUT2D eigenvalue weighted by atomic mass is 10.2. The first-order valence-electron chi connectivity index (χ1n) is 9.99. The van der Waals surface area contributed by atoms with Crippen LogP contribution in [0.5, 0.6) is 5.75 Å². The van der Waals surface area contributed by atoms with Crippen LogP contribution in [-0.4, -0.2) is 39.7 Å².